The lowest BCUT2D eigenvalue weighted by Gasteiger charge is -2.23. The molecular weight excluding hydrogens is 264 g/mol. The quantitative estimate of drug-likeness (QED) is 0.864. The minimum absolute atomic E-state index is 0.0783. The van der Waals surface area contributed by atoms with Crippen LogP contribution in [0.4, 0.5) is 5.69 Å². The van der Waals surface area contributed by atoms with E-state index in [0.717, 1.165) is 37.2 Å². The third kappa shape index (κ3) is 2.91. The summed E-state index contributed by atoms with van der Waals surface area (Å²) in [6.45, 7) is 8.01. The fourth-order valence-corrected chi connectivity index (χ4v) is 2.97. The van der Waals surface area contributed by atoms with Crippen molar-refractivity contribution in [2.75, 3.05) is 18.6 Å². The second-order valence-electron chi connectivity index (χ2n) is 6.48. The SMILES string of the molecule is CC1CCc2cc3c(cc2NC1=O)CCN(C(C)C)CO3. The molecule has 3 rings (SSSR count). The number of anilines is 1. The molecule has 1 aromatic carbocycles. The molecule has 2 aliphatic rings. The summed E-state index contributed by atoms with van der Waals surface area (Å²) in [4.78, 5) is 14.3. The molecular formula is C17H24N2O2. The Kier molecular flexibility index (Phi) is 3.89. The number of fused-ring (bicyclic) bond motifs is 2. The van der Waals surface area contributed by atoms with Crippen LogP contribution in [0.25, 0.3) is 0 Å². The van der Waals surface area contributed by atoms with E-state index in [1.165, 1.54) is 11.1 Å². The molecule has 0 radical (unpaired) electrons. The van der Waals surface area contributed by atoms with Crippen molar-refractivity contribution in [3.8, 4) is 5.75 Å². The summed E-state index contributed by atoms with van der Waals surface area (Å²) in [5.41, 5.74) is 3.38. The van der Waals surface area contributed by atoms with Crippen LogP contribution in [-0.4, -0.2) is 30.1 Å². The van der Waals surface area contributed by atoms with Gasteiger partial charge in [0.2, 0.25) is 5.91 Å². The van der Waals surface area contributed by atoms with E-state index in [-0.39, 0.29) is 11.8 Å². The number of aryl methyl sites for hydroxylation is 1. The van der Waals surface area contributed by atoms with Crippen LogP contribution < -0.4 is 10.1 Å². The summed E-state index contributed by atoms with van der Waals surface area (Å²) in [5.74, 6) is 1.20. The molecule has 2 heterocycles. The summed E-state index contributed by atoms with van der Waals surface area (Å²) < 4.78 is 6.00. The molecule has 4 heteroatoms. The normalized spacial score (nSPS) is 22.7. The molecule has 0 aliphatic carbocycles. The molecule has 0 bridgehead atoms. The highest BCUT2D eigenvalue weighted by atomic mass is 16.5. The lowest BCUT2D eigenvalue weighted by atomic mass is 10.00. The van der Waals surface area contributed by atoms with Crippen LogP contribution in [0, 0.1) is 5.92 Å². The summed E-state index contributed by atoms with van der Waals surface area (Å²) in [6, 6.07) is 4.73. The van der Waals surface area contributed by atoms with Crippen LogP contribution in [0.3, 0.4) is 0 Å². The Bertz CT molecular complexity index is 554. The van der Waals surface area contributed by atoms with Gasteiger partial charge in [0.05, 0.1) is 0 Å². The highest BCUT2D eigenvalue weighted by Gasteiger charge is 2.23. The van der Waals surface area contributed by atoms with Crippen molar-refractivity contribution >= 4 is 11.6 Å². The Morgan fingerprint density at radius 2 is 2.10 bits per heavy atom. The monoisotopic (exact) mass is 288 g/mol. The van der Waals surface area contributed by atoms with Crippen molar-refractivity contribution in [1.82, 2.24) is 4.90 Å². The van der Waals surface area contributed by atoms with E-state index >= 15 is 0 Å². The average Bonchev–Trinajstić information content (AvgIpc) is 2.73. The van der Waals surface area contributed by atoms with Gasteiger partial charge in [-0.05, 0) is 56.4 Å². The molecule has 4 nitrogen and oxygen atoms in total. The molecule has 1 N–H and O–H groups in total. The standard InChI is InChI=1S/C17H24N2O2/c1-11(2)19-7-6-14-8-15-13(9-16(14)21-10-19)5-4-12(3)17(20)18-15/h8-9,11-12H,4-7,10H2,1-3H3,(H,18,20). The average molecular weight is 288 g/mol. The zero-order valence-corrected chi connectivity index (χ0v) is 13.1. The summed E-state index contributed by atoms with van der Waals surface area (Å²) in [5, 5.41) is 3.07. The topological polar surface area (TPSA) is 41.6 Å². The molecule has 0 spiro atoms. The summed E-state index contributed by atoms with van der Waals surface area (Å²) in [6.07, 6.45) is 2.79. The Morgan fingerprint density at radius 1 is 1.29 bits per heavy atom. The van der Waals surface area contributed by atoms with E-state index in [2.05, 4.69) is 36.2 Å². The van der Waals surface area contributed by atoms with Crippen molar-refractivity contribution in [3.63, 3.8) is 0 Å². The van der Waals surface area contributed by atoms with Crippen molar-refractivity contribution in [3.05, 3.63) is 23.3 Å². The van der Waals surface area contributed by atoms with Gasteiger partial charge in [0.15, 0.2) is 0 Å². The molecule has 1 aromatic rings. The van der Waals surface area contributed by atoms with Gasteiger partial charge in [0, 0.05) is 24.2 Å². The first-order chi connectivity index (χ1) is 10.0. The smallest absolute Gasteiger partial charge is 0.227 e. The Balaban J connectivity index is 1.89. The molecule has 1 unspecified atom stereocenters. The number of amides is 1. The van der Waals surface area contributed by atoms with Crippen LogP contribution in [0.15, 0.2) is 12.1 Å². The number of nitrogens with one attached hydrogen (secondary N) is 1. The van der Waals surface area contributed by atoms with Crippen molar-refractivity contribution < 1.29 is 9.53 Å². The van der Waals surface area contributed by atoms with E-state index in [1.54, 1.807) is 0 Å². The number of benzene rings is 1. The van der Waals surface area contributed by atoms with E-state index in [0.29, 0.717) is 12.8 Å². The van der Waals surface area contributed by atoms with Crippen LogP contribution >= 0.6 is 0 Å². The van der Waals surface area contributed by atoms with Gasteiger partial charge >= 0.3 is 0 Å². The number of rotatable bonds is 1. The maximum Gasteiger partial charge on any atom is 0.227 e. The van der Waals surface area contributed by atoms with E-state index in [9.17, 15) is 4.79 Å². The van der Waals surface area contributed by atoms with Gasteiger partial charge in [0.1, 0.15) is 12.5 Å². The van der Waals surface area contributed by atoms with Crippen LogP contribution in [-0.2, 0) is 17.6 Å². The fraction of sp³-hybridized carbons (Fsp3) is 0.588. The molecule has 0 aromatic heterocycles. The second-order valence-corrected chi connectivity index (χ2v) is 6.48. The van der Waals surface area contributed by atoms with Gasteiger partial charge in [-0.1, -0.05) is 6.92 Å². The van der Waals surface area contributed by atoms with Crippen molar-refractivity contribution in [2.45, 2.75) is 46.1 Å². The zero-order chi connectivity index (χ0) is 15.0. The van der Waals surface area contributed by atoms with Crippen molar-refractivity contribution in [2.24, 2.45) is 5.92 Å². The van der Waals surface area contributed by atoms with Gasteiger partial charge < -0.3 is 10.1 Å². The number of hydrogen-bond acceptors (Lipinski definition) is 3. The Hall–Kier alpha value is -1.55. The lowest BCUT2D eigenvalue weighted by molar-refractivity contribution is -0.119. The maximum absolute atomic E-state index is 12.0. The minimum atomic E-state index is 0.0783. The molecule has 0 fully saturated rings. The first-order valence-electron chi connectivity index (χ1n) is 7.88. The second kappa shape index (κ2) is 5.68. The van der Waals surface area contributed by atoms with E-state index < -0.39 is 0 Å². The molecule has 1 amide bonds. The van der Waals surface area contributed by atoms with Gasteiger partial charge in [-0.2, -0.15) is 0 Å². The predicted octanol–water partition coefficient (Wildman–Crippen LogP) is 2.81. The van der Waals surface area contributed by atoms with Crippen molar-refractivity contribution in [1.29, 1.82) is 0 Å². The lowest BCUT2D eigenvalue weighted by Crippen LogP contribution is -2.34. The third-order valence-corrected chi connectivity index (χ3v) is 4.62. The minimum Gasteiger partial charge on any atom is -0.478 e. The molecule has 21 heavy (non-hydrogen) atoms. The number of ether oxygens (including phenoxy) is 1. The molecule has 114 valence electrons. The third-order valence-electron chi connectivity index (χ3n) is 4.62. The van der Waals surface area contributed by atoms with Gasteiger partial charge in [0.25, 0.3) is 0 Å². The van der Waals surface area contributed by atoms with Crippen LogP contribution in [0.5, 0.6) is 5.75 Å². The van der Waals surface area contributed by atoms with E-state index in [4.69, 9.17) is 4.74 Å². The number of carbonyl (C=O) groups is 1. The maximum atomic E-state index is 12.0. The highest BCUT2D eigenvalue weighted by molar-refractivity contribution is 5.94. The Labute approximate surface area is 126 Å². The summed E-state index contributed by atoms with van der Waals surface area (Å²) in [7, 11) is 0. The first-order valence-corrected chi connectivity index (χ1v) is 7.88. The fourth-order valence-electron chi connectivity index (χ4n) is 2.97. The number of nitrogens with zero attached hydrogens (tertiary/aromatic N) is 1. The predicted molar refractivity (Wildman–Crippen MR) is 83.6 cm³/mol. The molecule has 0 saturated carbocycles. The van der Waals surface area contributed by atoms with E-state index in [1.807, 2.05) is 6.92 Å². The van der Waals surface area contributed by atoms with Crippen LogP contribution in [0.1, 0.15) is 38.3 Å². The first kappa shape index (κ1) is 14.4. The highest BCUT2D eigenvalue weighted by Crippen LogP contribution is 2.33. The summed E-state index contributed by atoms with van der Waals surface area (Å²) >= 11 is 0. The number of carbonyl (C=O) groups excluding carboxylic acids is 1. The van der Waals surface area contributed by atoms with Crippen LogP contribution in [0.2, 0.25) is 0 Å². The Morgan fingerprint density at radius 3 is 2.86 bits per heavy atom. The number of hydrogen-bond donors (Lipinski definition) is 1. The zero-order valence-electron chi connectivity index (χ0n) is 13.1. The van der Waals surface area contributed by atoms with Gasteiger partial charge in [-0.15, -0.1) is 0 Å². The van der Waals surface area contributed by atoms with Gasteiger partial charge in [-0.25, -0.2) is 0 Å². The molecule has 1 atom stereocenters. The largest absolute Gasteiger partial charge is 0.478 e. The van der Waals surface area contributed by atoms with Gasteiger partial charge in [-0.3, -0.25) is 9.69 Å². The molecule has 0 saturated heterocycles. The molecule has 2 aliphatic heterocycles.